The number of pyridine rings is 1. The molecule has 2 aromatic heterocycles. The Hall–Kier alpha value is -3.30. The number of thioether (sulfide) groups is 1. The molecule has 0 aliphatic carbocycles. The van der Waals surface area contributed by atoms with Crippen molar-refractivity contribution in [2.24, 2.45) is 10.2 Å². The first-order valence-corrected chi connectivity index (χ1v) is 12.4. The van der Waals surface area contributed by atoms with Crippen molar-refractivity contribution in [3.8, 4) is 0 Å². The van der Waals surface area contributed by atoms with Gasteiger partial charge in [-0.05, 0) is 62.4 Å². The van der Waals surface area contributed by atoms with Crippen LogP contribution in [-0.2, 0) is 0 Å². The molecule has 2 aromatic carbocycles. The van der Waals surface area contributed by atoms with Crippen LogP contribution in [0, 0.1) is 20.8 Å². The van der Waals surface area contributed by atoms with E-state index >= 15 is 0 Å². The molecule has 0 unspecified atom stereocenters. The zero-order valence-corrected chi connectivity index (χ0v) is 20.6. The van der Waals surface area contributed by atoms with Gasteiger partial charge in [-0.1, -0.05) is 65.4 Å². The number of benzene rings is 2. The molecule has 0 fully saturated rings. The first-order valence-electron chi connectivity index (χ1n) is 10.6. The summed E-state index contributed by atoms with van der Waals surface area (Å²) in [6.07, 6.45) is 0. The maximum Gasteiger partial charge on any atom is 0.252 e. The Kier molecular flexibility index (Phi) is 7.31. The highest BCUT2D eigenvalue weighted by Crippen LogP contribution is 2.35. The highest BCUT2D eigenvalue weighted by Gasteiger charge is 2.12. The molecule has 4 rings (SSSR count). The van der Waals surface area contributed by atoms with Gasteiger partial charge < -0.3 is 10.6 Å². The minimum absolute atomic E-state index is 0.522. The highest BCUT2D eigenvalue weighted by molar-refractivity contribution is 8.01. The third-order valence-corrected chi connectivity index (χ3v) is 6.54. The summed E-state index contributed by atoms with van der Waals surface area (Å²) < 4.78 is 0.886. The summed E-state index contributed by atoms with van der Waals surface area (Å²) in [7, 11) is 0. The average molecular weight is 476 g/mol. The zero-order valence-electron chi connectivity index (χ0n) is 19.0. The minimum atomic E-state index is 0.522. The molecule has 2 heterocycles. The lowest BCUT2D eigenvalue weighted by Crippen LogP contribution is -2.00. The summed E-state index contributed by atoms with van der Waals surface area (Å²) >= 11 is 3.07. The molecule has 33 heavy (non-hydrogen) atoms. The van der Waals surface area contributed by atoms with Crippen molar-refractivity contribution >= 4 is 56.9 Å². The monoisotopic (exact) mass is 475 g/mol. The quantitative estimate of drug-likeness (QED) is 0.199. The number of aromatic nitrogens is 3. The number of aryl methyl sites for hydroxylation is 3. The Labute approximate surface area is 201 Å². The molecule has 2 N–H and O–H groups in total. The van der Waals surface area contributed by atoms with Crippen molar-refractivity contribution in [1.82, 2.24) is 15.2 Å². The van der Waals surface area contributed by atoms with Crippen LogP contribution in [0.5, 0.6) is 0 Å². The Balaban J connectivity index is 1.67. The van der Waals surface area contributed by atoms with Crippen LogP contribution in [0.3, 0.4) is 0 Å². The second kappa shape index (κ2) is 10.5. The molecule has 0 aliphatic rings. The first-order chi connectivity index (χ1) is 16.0. The standard InChI is InChI=1S/C24H25N7S2/c1-5-32-24-31-30-23(33-24)29-28-21-17(4)14-20(25-18-10-6-15(2)7-11-18)27-22(21)26-19-12-8-16(3)9-13-19/h6-14H,5H2,1-4H3,(H2,25,26,27). The van der Waals surface area contributed by atoms with Gasteiger partial charge in [-0.25, -0.2) is 4.98 Å². The Bertz CT molecular complexity index is 1250. The maximum absolute atomic E-state index is 4.80. The summed E-state index contributed by atoms with van der Waals surface area (Å²) in [5.74, 6) is 2.28. The number of anilines is 4. The topological polar surface area (TPSA) is 87.5 Å². The number of nitrogens with zero attached hydrogens (tertiary/aromatic N) is 5. The van der Waals surface area contributed by atoms with Crippen molar-refractivity contribution < 1.29 is 0 Å². The van der Waals surface area contributed by atoms with Gasteiger partial charge in [0.05, 0.1) is 0 Å². The fourth-order valence-electron chi connectivity index (χ4n) is 3.02. The van der Waals surface area contributed by atoms with E-state index in [2.05, 4.69) is 76.1 Å². The van der Waals surface area contributed by atoms with Crippen LogP contribution < -0.4 is 10.6 Å². The van der Waals surface area contributed by atoms with Gasteiger partial charge in [0.15, 0.2) is 10.2 Å². The van der Waals surface area contributed by atoms with Gasteiger partial charge in [0, 0.05) is 11.4 Å². The maximum atomic E-state index is 4.80. The average Bonchev–Trinajstić information content (AvgIpc) is 3.24. The van der Waals surface area contributed by atoms with Crippen LogP contribution >= 0.6 is 23.1 Å². The van der Waals surface area contributed by atoms with Crippen molar-refractivity contribution in [1.29, 1.82) is 0 Å². The molecule has 0 radical (unpaired) electrons. The van der Waals surface area contributed by atoms with Crippen molar-refractivity contribution in [2.75, 3.05) is 16.4 Å². The van der Waals surface area contributed by atoms with Crippen molar-refractivity contribution in [2.45, 2.75) is 32.0 Å². The van der Waals surface area contributed by atoms with E-state index < -0.39 is 0 Å². The molecular formula is C24H25N7S2. The lowest BCUT2D eigenvalue weighted by Gasteiger charge is -2.14. The lowest BCUT2D eigenvalue weighted by atomic mass is 10.2. The molecule has 0 saturated heterocycles. The van der Waals surface area contributed by atoms with E-state index in [1.54, 1.807) is 11.8 Å². The minimum Gasteiger partial charge on any atom is -0.340 e. The highest BCUT2D eigenvalue weighted by atomic mass is 32.2. The van der Waals surface area contributed by atoms with E-state index in [1.165, 1.54) is 22.5 Å². The summed E-state index contributed by atoms with van der Waals surface area (Å²) in [6.45, 7) is 8.20. The van der Waals surface area contributed by atoms with Gasteiger partial charge in [0.2, 0.25) is 0 Å². The summed E-state index contributed by atoms with van der Waals surface area (Å²) in [5, 5.41) is 24.4. The van der Waals surface area contributed by atoms with Crippen molar-refractivity contribution in [3.05, 3.63) is 71.3 Å². The number of rotatable bonds is 8. The molecule has 9 heteroatoms. The van der Waals surface area contributed by atoms with E-state index in [9.17, 15) is 0 Å². The number of azo groups is 1. The SMILES string of the molecule is CCSc1nnc(N=Nc2c(C)cc(Nc3ccc(C)cc3)nc2Nc2ccc(C)cc2)s1. The molecular weight excluding hydrogens is 450 g/mol. The van der Waals surface area contributed by atoms with Crippen LogP contribution in [0.25, 0.3) is 0 Å². The van der Waals surface area contributed by atoms with Gasteiger partial charge in [-0.3, -0.25) is 0 Å². The summed E-state index contributed by atoms with van der Waals surface area (Å²) in [5.41, 5.74) is 5.89. The van der Waals surface area contributed by atoms with Gasteiger partial charge in [-0.15, -0.1) is 20.4 Å². The Morgan fingerprint density at radius 2 is 1.48 bits per heavy atom. The normalized spacial score (nSPS) is 11.2. The van der Waals surface area contributed by atoms with Crippen LogP contribution in [-0.4, -0.2) is 20.9 Å². The fraction of sp³-hybridized carbons (Fsp3) is 0.208. The Morgan fingerprint density at radius 1 is 0.848 bits per heavy atom. The van der Waals surface area contributed by atoms with E-state index in [0.717, 1.165) is 32.8 Å². The molecule has 0 aliphatic heterocycles. The van der Waals surface area contributed by atoms with Crippen LogP contribution in [0.4, 0.5) is 33.8 Å². The smallest absolute Gasteiger partial charge is 0.252 e. The molecule has 7 nitrogen and oxygen atoms in total. The van der Waals surface area contributed by atoms with Gasteiger partial charge in [0.25, 0.3) is 5.13 Å². The fourth-order valence-corrected chi connectivity index (χ4v) is 4.58. The largest absolute Gasteiger partial charge is 0.340 e. The number of nitrogens with one attached hydrogen (secondary N) is 2. The number of hydrogen-bond acceptors (Lipinski definition) is 9. The van der Waals surface area contributed by atoms with Crippen LogP contribution in [0.2, 0.25) is 0 Å². The van der Waals surface area contributed by atoms with Gasteiger partial charge in [-0.2, -0.15) is 0 Å². The van der Waals surface area contributed by atoms with Crippen LogP contribution in [0.15, 0.2) is 69.2 Å². The predicted octanol–water partition coefficient (Wildman–Crippen LogP) is 7.87. The molecule has 0 amide bonds. The molecule has 0 saturated carbocycles. The van der Waals surface area contributed by atoms with Crippen molar-refractivity contribution in [3.63, 3.8) is 0 Å². The van der Waals surface area contributed by atoms with Crippen LogP contribution in [0.1, 0.15) is 23.6 Å². The lowest BCUT2D eigenvalue weighted by molar-refractivity contribution is 0.994. The molecule has 168 valence electrons. The second-order valence-electron chi connectivity index (χ2n) is 7.49. The predicted molar refractivity (Wildman–Crippen MR) is 138 cm³/mol. The zero-order chi connectivity index (χ0) is 23.2. The van der Waals surface area contributed by atoms with E-state index in [4.69, 9.17) is 4.98 Å². The third kappa shape index (κ3) is 6.15. The third-order valence-electron chi connectivity index (χ3n) is 4.72. The van der Waals surface area contributed by atoms with E-state index in [0.29, 0.717) is 16.6 Å². The van der Waals surface area contributed by atoms with Gasteiger partial charge in [0.1, 0.15) is 11.5 Å². The molecule has 0 atom stereocenters. The molecule has 4 aromatic rings. The second-order valence-corrected chi connectivity index (χ2v) is 9.95. The van der Waals surface area contributed by atoms with E-state index in [-0.39, 0.29) is 0 Å². The molecule has 0 bridgehead atoms. The Morgan fingerprint density at radius 3 is 2.12 bits per heavy atom. The molecule has 0 spiro atoms. The van der Waals surface area contributed by atoms with E-state index in [1.807, 2.05) is 37.3 Å². The summed E-state index contributed by atoms with van der Waals surface area (Å²) in [4.78, 5) is 4.80. The van der Waals surface area contributed by atoms with Gasteiger partial charge >= 0.3 is 0 Å². The first kappa shape index (κ1) is 22.9. The summed E-state index contributed by atoms with van der Waals surface area (Å²) in [6, 6.07) is 18.3. The number of hydrogen-bond donors (Lipinski definition) is 2.